The first-order chi connectivity index (χ1) is 11.0. The Morgan fingerprint density at radius 1 is 1.39 bits per heavy atom. The van der Waals surface area contributed by atoms with E-state index in [0.29, 0.717) is 17.6 Å². The Morgan fingerprint density at radius 2 is 2.22 bits per heavy atom. The molecular formula is C18H22ClN3O. The zero-order valence-electron chi connectivity index (χ0n) is 13.6. The van der Waals surface area contributed by atoms with Crippen molar-refractivity contribution in [1.29, 1.82) is 0 Å². The molecule has 1 fully saturated rings. The molecule has 1 atom stereocenters. The van der Waals surface area contributed by atoms with Gasteiger partial charge in [0.2, 0.25) is 5.91 Å². The van der Waals surface area contributed by atoms with Crippen LogP contribution in [-0.4, -0.2) is 28.5 Å². The van der Waals surface area contributed by atoms with Gasteiger partial charge in [-0.3, -0.25) is 9.69 Å². The van der Waals surface area contributed by atoms with Gasteiger partial charge in [0.25, 0.3) is 0 Å². The fraction of sp³-hybridized carbons (Fsp3) is 0.389. The summed E-state index contributed by atoms with van der Waals surface area (Å²) in [5.41, 5.74) is 3.03. The predicted molar refractivity (Wildman–Crippen MR) is 93.8 cm³/mol. The van der Waals surface area contributed by atoms with Crippen molar-refractivity contribution in [3.8, 4) is 0 Å². The average molecular weight is 332 g/mol. The Labute approximate surface area is 142 Å². The van der Waals surface area contributed by atoms with Crippen molar-refractivity contribution < 1.29 is 4.79 Å². The fourth-order valence-corrected chi connectivity index (χ4v) is 3.41. The van der Waals surface area contributed by atoms with E-state index in [1.54, 1.807) is 6.07 Å². The van der Waals surface area contributed by atoms with Gasteiger partial charge in [0.1, 0.15) is 0 Å². The van der Waals surface area contributed by atoms with Crippen LogP contribution >= 0.6 is 11.6 Å². The Bertz CT molecular complexity index is 710. The molecular weight excluding hydrogens is 310 g/mol. The molecule has 23 heavy (non-hydrogen) atoms. The van der Waals surface area contributed by atoms with Gasteiger partial charge in [-0.2, -0.15) is 0 Å². The van der Waals surface area contributed by atoms with Gasteiger partial charge in [-0.15, -0.1) is 0 Å². The zero-order valence-corrected chi connectivity index (χ0v) is 14.3. The molecule has 1 aromatic heterocycles. The average Bonchev–Trinajstić information content (AvgIpc) is 3.11. The first kappa shape index (κ1) is 16.1. The third-order valence-electron chi connectivity index (χ3n) is 4.49. The number of likely N-dealkylation sites (tertiary alicyclic amines) is 1. The second-order valence-electron chi connectivity index (χ2n) is 6.18. The highest BCUT2D eigenvalue weighted by Gasteiger charge is 2.28. The summed E-state index contributed by atoms with van der Waals surface area (Å²) < 4.78 is 2.14. The van der Waals surface area contributed by atoms with Crippen LogP contribution in [0.1, 0.15) is 30.1 Å². The van der Waals surface area contributed by atoms with Crippen LogP contribution in [0, 0.1) is 6.92 Å². The molecule has 1 aliphatic heterocycles. The topological polar surface area (TPSA) is 37.3 Å². The van der Waals surface area contributed by atoms with E-state index in [9.17, 15) is 4.79 Å². The van der Waals surface area contributed by atoms with Crippen molar-refractivity contribution in [3.05, 3.63) is 52.8 Å². The smallest absolute Gasteiger partial charge is 0.238 e. The number of anilines is 1. The van der Waals surface area contributed by atoms with E-state index in [1.165, 1.54) is 5.69 Å². The van der Waals surface area contributed by atoms with E-state index < -0.39 is 0 Å². The Kier molecular flexibility index (Phi) is 4.74. The standard InChI is InChI=1S/C18H22ClN3O/c1-13-7-8-14(11-15(13)19)20-18(23)12-22-10-4-6-17(22)16-5-3-9-21(16)2/h3,5,7-9,11,17H,4,6,10,12H2,1-2H3,(H,20,23)/t17-/m1/s1. The summed E-state index contributed by atoms with van der Waals surface area (Å²) in [6.45, 7) is 3.31. The third-order valence-corrected chi connectivity index (χ3v) is 4.90. The summed E-state index contributed by atoms with van der Waals surface area (Å²) in [5, 5.41) is 3.62. The number of hydrogen-bond donors (Lipinski definition) is 1. The Balaban J connectivity index is 1.65. The number of carbonyl (C=O) groups is 1. The largest absolute Gasteiger partial charge is 0.353 e. The summed E-state index contributed by atoms with van der Waals surface area (Å²) in [4.78, 5) is 14.6. The molecule has 0 saturated carbocycles. The van der Waals surface area contributed by atoms with Crippen LogP contribution in [0.15, 0.2) is 36.5 Å². The minimum Gasteiger partial charge on any atom is -0.353 e. The molecule has 4 nitrogen and oxygen atoms in total. The molecule has 1 saturated heterocycles. The first-order valence-corrected chi connectivity index (χ1v) is 8.33. The summed E-state index contributed by atoms with van der Waals surface area (Å²) in [5.74, 6) is 0.00558. The molecule has 1 N–H and O–H groups in total. The Hall–Kier alpha value is -1.78. The number of rotatable bonds is 4. The van der Waals surface area contributed by atoms with Crippen molar-refractivity contribution in [1.82, 2.24) is 9.47 Å². The number of aromatic nitrogens is 1. The lowest BCUT2D eigenvalue weighted by atomic mass is 10.1. The van der Waals surface area contributed by atoms with E-state index in [0.717, 1.165) is 30.6 Å². The van der Waals surface area contributed by atoms with Gasteiger partial charge in [0.05, 0.1) is 12.6 Å². The maximum absolute atomic E-state index is 12.4. The number of amides is 1. The highest BCUT2D eigenvalue weighted by molar-refractivity contribution is 6.31. The SMILES string of the molecule is Cc1ccc(NC(=O)CN2CCC[C@@H]2c2cccn2C)cc1Cl. The van der Waals surface area contributed by atoms with Crippen molar-refractivity contribution in [2.45, 2.75) is 25.8 Å². The summed E-state index contributed by atoms with van der Waals surface area (Å²) in [6, 6.07) is 10.1. The number of aryl methyl sites for hydroxylation is 2. The lowest BCUT2D eigenvalue weighted by molar-refractivity contribution is -0.117. The molecule has 122 valence electrons. The second kappa shape index (κ2) is 6.77. The molecule has 1 aliphatic rings. The van der Waals surface area contributed by atoms with E-state index in [1.807, 2.05) is 19.1 Å². The van der Waals surface area contributed by atoms with Gasteiger partial charge in [-0.25, -0.2) is 0 Å². The number of nitrogens with zero attached hydrogens (tertiary/aromatic N) is 2. The van der Waals surface area contributed by atoms with Crippen LogP contribution in [0.2, 0.25) is 5.02 Å². The van der Waals surface area contributed by atoms with Gasteiger partial charge in [-0.05, 0) is 56.1 Å². The van der Waals surface area contributed by atoms with Crippen LogP contribution in [-0.2, 0) is 11.8 Å². The van der Waals surface area contributed by atoms with Crippen LogP contribution in [0.25, 0.3) is 0 Å². The summed E-state index contributed by atoms with van der Waals surface area (Å²) in [6.07, 6.45) is 4.28. The van der Waals surface area contributed by atoms with Crippen molar-refractivity contribution in [2.24, 2.45) is 7.05 Å². The summed E-state index contributed by atoms with van der Waals surface area (Å²) in [7, 11) is 2.06. The van der Waals surface area contributed by atoms with E-state index in [-0.39, 0.29) is 5.91 Å². The molecule has 3 rings (SSSR count). The van der Waals surface area contributed by atoms with Gasteiger partial charge in [0, 0.05) is 29.6 Å². The molecule has 0 radical (unpaired) electrons. The van der Waals surface area contributed by atoms with Gasteiger partial charge >= 0.3 is 0 Å². The van der Waals surface area contributed by atoms with Gasteiger partial charge < -0.3 is 9.88 Å². The highest BCUT2D eigenvalue weighted by Crippen LogP contribution is 2.31. The maximum Gasteiger partial charge on any atom is 0.238 e. The van der Waals surface area contributed by atoms with E-state index in [4.69, 9.17) is 11.6 Å². The molecule has 0 bridgehead atoms. The molecule has 1 aromatic carbocycles. The first-order valence-electron chi connectivity index (χ1n) is 7.96. The molecule has 0 aliphatic carbocycles. The van der Waals surface area contributed by atoms with Crippen molar-refractivity contribution in [3.63, 3.8) is 0 Å². The number of benzene rings is 1. The Morgan fingerprint density at radius 3 is 2.91 bits per heavy atom. The molecule has 2 heterocycles. The minimum atomic E-state index is 0.00558. The zero-order chi connectivity index (χ0) is 16.4. The number of halogens is 1. The maximum atomic E-state index is 12.4. The second-order valence-corrected chi connectivity index (χ2v) is 6.59. The van der Waals surface area contributed by atoms with Crippen LogP contribution < -0.4 is 5.32 Å². The van der Waals surface area contributed by atoms with Crippen molar-refractivity contribution >= 4 is 23.2 Å². The minimum absolute atomic E-state index is 0.00558. The third kappa shape index (κ3) is 3.59. The van der Waals surface area contributed by atoms with Crippen LogP contribution in [0.5, 0.6) is 0 Å². The van der Waals surface area contributed by atoms with Crippen LogP contribution in [0.3, 0.4) is 0 Å². The highest BCUT2D eigenvalue weighted by atomic mass is 35.5. The number of nitrogens with one attached hydrogen (secondary N) is 1. The molecule has 0 spiro atoms. The van der Waals surface area contributed by atoms with E-state index >= 15 is 0 Å². The molecule has 2 aromatic rings. The molecule has 0 unspecified atom stereocenters. The molecule has 5 heteroatoms. The summed E-state index contributed by atoms with van der Waals surface area (Å²) >= 11 is 6.11. The lowest BCUT2D eigenvalue weighted by Gasteiger charge is -2.24. The normalized spacial score (nSPS) is 18.3. The fourth-order valence-electron chi connectivity index (χ4n) is 3.23. The van der Waals surface area contributed by atoms with Crippen LogP contribution in [0.4, 0.5) is 5.69 Å². The van der Waals surface area contributed by atoms with Crippen molar-refractivity contribution in [2.75, 3.05) is 18.4 Å². The van der Waals surface area contributed by atoms with Gasteiger partial charge in [-0.1, -0.05) is 17.7 Å². The van der Waals surface area contributed by atoms with E-state index in [2.05, 4.69) is 40.2 Å². The predicted octanol–water partition coefficient (Wildman–Crippen LogP) is 3.76. The lowest BCUT2D eigenvalue weighted by Crippen LogP contribution is -2.33. The quantitative estimate of drug-likeness (QED) is 0.926. The number of carbonyl (C=O) groups excluding carboxylic acids is 1. The number of hydrogen-bond acceptors (Lipinski definition) is 2. The molecule has 1 amide bonds. The van der Waals surface area contributed by atoms with Gasteiger partial charge in [0.15, 0.2) is 0 Å². The monoisotopic (exact) mass is 331 g/mol.